The van der Waals surface area contributed by atoms with Crippen molar-refractivity contribution in [3.63, 3.8) is 0 Å². The van der Waals surface area contributed by atoms with Crippen LogP contribution in [0, 0.1) is 0 Å². The average Bonchev–Trinajstić information content (AvgIpc) is 2.83. The first-order chi connectivity index (χ1) is 8.33. The summed E-state index contributed by atoms with van der Waals surface area (Å²) in [6, 6.07) is 6.65. The van der Waals surface area contributed by atoms with Crippen molar-refractivity contribution in [1.82, 2.24) is 5.32 Å². The number of amidine groups is 1. The second-order valence-electron chi connectivity index (χ2n) is 4.47. The van der Waals surface area contributed by atoms with Gasteiger partial charge in [0, 0.05) is 10.8 Å². The standard InChI is InChI=1S/C13H15ClN2S/c14-10-5-4-9-2-1-3-12(11(9)8-10)16-13-15-6-7-17-13/h4-5,8,12H,1-3,6-7H2,(H,15,16). The smallest absolute Gasteiger partial charge is 0.157 e. The summed E-state index contributed by atoms with van der Waals surface area (Å²) in [5.41, 5.74) is 2.79. The molecule has 1 unspecified atom stereocenters. The molecule has 1 N–H and O–H groups in total. The van der Waals surface area contributed by atoms with E-state index in [1.807, 2.05) is 17.8 Å². The van der Waals surface area contributed by atoms with Crippen molar-refractivity contribution in [3.8, 4) is 0 Å². The summed E-state index contributed by atoms with van der Waals surface area (Å²) >= 11 is 7.92. The number of hydrogen-bond acceptors (Lipinski definition) is 3. The van der Waals surface area contributed by atoms with Gasteiger partial charge in [-0.2, -0.15) is 0 Å². The normalized spacial score (nSPS) is 23.1. The predicted octanol–water partition coefficient (Wildman–Crippen LogP) is 3.41. The van der Waals surface area contributed by atoms with Gasteiger partial charge >= 0.3 is 0 Å². The molecule has 2 aliphatic rings. The molecule has 4 heteroatoms. The van der Waals surface area contributed by atoms with Gasteiger partial charge in [0.1, 0.15) is 0 Å². The van der Waals surface area contributed by atoms with E-state index in [2.05, 4.69) is 22.4 Å². The molecule has 1 aromatic rings. The quantitative estimate of drug-likeness (QED) is 0.842. The molecular weight excluding hydrogens is 252 g/mol. The van der Waals surface area contributed by atoms with Crippen molar-refractivity contribution in [2.24, 2.45) is 4.99 Å². The zero-order valence-corrected chi connectivity index (χ0v) is 11.2. The zero-order chi connectivity index (χ0) is 11.7. The summed E-state index contributed by atoms with van der Waals surface area (Å²) in [7, 11) is 0. The number of fused-ring (bicyclic) bond motifs is 1. The van der Waals surface area contributed by atoms with Gasteiger partial charge in [-0.25, -0.2) is 0 Å². The molecule has 2 nitrogen and oxygen atoms in total. The molecule has 0 fully saturated rings. The summed E-state index contributed by atoms with van der Waals surface area (Å²) in [6.45, 7) is 0.947. The summed E-state index contributed by atoms with van der Waals surface area (Å²) in [4.78, 5) is 4.46. The number of nitrogens with zero attached hydrogens (tertiary/aromatic N) is 1. The van der Waals surface area contributed by atoms with E-state index in [-0.39, 0.29) is 0 Å². The molecule has 1 atom stereocenters. The van der Waals surface area contributed by atoms with Crippen LogP contribution in [-0.4, -0.2) is 17.5 Å². The number of aliphatic imine (C=N–C) groups is 1. The van der Waals surface area contributed by atoms with Crippen molar-refractivity contribution in [3.05, 3.63) is 34.3 Å². The van der Waals surface area contributed by atoms with E-state index in [0.717, 1.165) is 22.5 Å². The van der Waals surface area contributed by atoms with E-state index in [0.29, 0.717) is 6.04 Å². The Morgan fingerprint density at radius 3 is 3.18 bits per heavy atom. The maximum absolute atomic E-state index is 6.10. The zero-order valence-electron chi connectivity index (χ0n) is 9.58. The Hall–Kier alpha value is -0.670. The molecule has 1 aromatic carbocycles. The minimum atomic E-state index is 0.391. The van der Waals surface area contributed by atoms with Gasteiger partial charge in [0.25, 0.3) is 0 Å². The van der Waals surface area contributed by atoms with Crippen molar-refractivity contribution in [2.45, 2.75) is 25.3 Å². The third-order valence-electron chi connectivity index (χ3n) is 3.31. The number of hydrogen-bond donors (Lipinski definition) is 1. The first-order valence-corrected chi connectivity index (χ1v) is 7.41. The Bertz CT molecular complexity index is 459. The van der Waals surface area contributed by atoms with Gasteiger partial charge < -0.3 is 5.32 Å². The van der Waals surface area contributed by atoms with Crippen LogP contribution >= 0.6 is 23.4 Å². The Labute approximate surface area is 111 Å². The molecule has 1 aliphatic carbocycles. The number of rotatable bonds is 1. The van der Waals surface area contributed by atoms with Crippen LogP contribution in [0.4, 0.5) is 0 Å². The molecule has 0 bridgehead atoms. The van der Waals surface area contributed by atoms with Crippen LogP contribution in [0.15, 0.2) is 23.2 Å². The number of benzene rings is 1. The molecule has 90 valence electrons. The lowest BCUT2D eigenvalue weighted by molar-refractivity contribution is 0.530. The van der Waals surface area contributed by atoms with Crippen molar-refractivity contribution < 1.29 is 0 Å². The lowest BCUT2D eigenvalue weighted by Gasteiger charge is -2.27. The number of aryl methyl sites for hydroxylation is 1. The van der Waals surface area contributed by atoms with Crippen LogP contribution in [-0.2, 0) is 6.42 Å². The van der Waals surface area contributed by atoms with Crippen molar-refractivity contribution in [1.29, 1.82) is 0 Å². The van der Waals surface area contributed by atoms with Crippen LogP contribution in [0.2, 0.25) is 5.02 Å². The second kappa shape index (κ2) is 4.91. The summed E-state index contributed by atoms with van der Waals surface area (Å²) in [5.74, 6) is 1.11. The van der Waals surface area contributed by atoms with E-state index in [9.17, 15) is 0 Å². The molecular formula is C13H15ClN2S. The minimum absolute atomic E-state index is 0.391. The maximum atomic E-state index is 6.10. The molecule has 17 heavy (non-hydrogen) atoms. The van der Waals surface area contributed by atoms with E-state index >= 15 is 0 Å². The first-order valence-electron chi connectivity index (χ1n) is 6.05. The van der Waals surface area contributed by atoms with Crippen molar-refractivity contribution >= 4 is 28.5 Å². The fraction of sp³-hybridized carbons (Fsp3) is 0.462. The topological polar surface area (TPSA) is 24.4 Å². The van der Waals surface area contributed by atoms with E-state index in [1.165, 1.54) is 30.4 Å². The van der Waals surface area contributed by atoms with Gasteiger partial charge in [-0.1, -0.05) is 29.4 Å². The van der Waals surface area contributed by atoms with Crippen LogP contribution < -0.4 is 5.32 Å². The molecule has 1 heterocycles. The molecule has 0 aromatic heterocycles. The molecule has 3 rings (SSSR count). The largest absolute Gasteiger partial charge is 0.358 e. The highest BCUT2D eigenvalue weighted by Gasteiger charge is 2.22. The van der Waals surface area contributed by atoms with E-state index in [4.69, 9.17) is 11.6 Å². The first kappa shape index (κ1) is 11.4. The molecule has 0 spiro atoms. The van der Waals surface area contributed by atoms with E-state index in [1.54, 1.807) is 0 Å². The van der Waals surface area contributed by atoms with Gasteiger partial charge in [0.15, 0.2) is 5.17 Å². The van der Waals surface area contributed by atoms with Crippen LogP contribution in [0.3, 0.4) is 0 Å². The molecule has 0 radical (unpaired) electrons. The summed E-state index contributed by atoms with van der Waals surface area (Å²) < 4.78 is 0. The molecule has 0 saturated carbocycles. The van der Waals surface area contributed by atoms with Gasteiger partial charge in [-0.15, -0.1) is 0 Å². The Kier molecular flexibility index (Phi) is 3.30. The monoisotopic (exact) mass is 266 g/mol. The fourth-order valence-corrected chi connectivity index (χ4v) is 3.46. The lowest BCUT2D eigenvalue weighted by atomic mass is 9.88. The van der Waals surface area contributed by atoms with Crippen LogP contribution in [0.25, 0.3) is 0 Å². The predicted molar refractivity (Wildman–Crippen MR) is 75.0 cm³/mol. The highest BCUT2D eigenvalue weighted by atomic mass is 35.5. The SMILES string of the molecule is Clc1ccc2c(c1)C(NC1=NCCS1)CCC2. The van der Waals surface area contributed by atoms with Gasteiger partial charge in [0.05, 0.1) is 12.6 Å². The van der Waals surface area contributed by atoms with Crippen LogP contribution in [0.5, 0.6) is 0 Å². The third kappa shape index (κ3) is 2.45. The van der Waals surface area contributed by atoms with Gasteiger partial charge in [0.2, 0.25) is 0 Å². The maximum Gasteiger partial charge on any atom is 0.157 e. The minimum Gasteiger partial charge on any atom is -0.358 e. The third-order valence-corrected chi connectivity index (χ3v) is 4.45. The Morgan fingerprint density at radius 1 is 1.41 bits per heavy atom. The number of nitrogens with one attached hydrogen (secondary N) is 1. The fourth-order valence-electron chi connectivity index (χ4n) is 2.49. The highest BCUT2D eigenvalue weighted by Crippen LogP contribution is 2.32. The van der Waals surface area contributed by atoms with Gasteiger partial charge in [-0.05, 0) is 42.5 Å². The number of thioether (sulfide) groups is 1. The lowest BCUT2D eigenvalue weighted by Crippen LogP contribution is -2.28. The summed E-state index contributed by atoms with van der Waals surface area (Å²) in [6.07, 6.45) is 3.58. The summed E-state index contributed by atoms with van der Waals surface area (Å²) in [5, 5.41) is 5.49. The Morgan fingerprint density at radius 2 is 2.35 bits per heavy atom. The Balaban J connectivity index is 1.85. The average molecular weight is 267 g/mol. The second-order valence-corrected chi connectivity index (χ2v) is 5.99. The number of halogens is 1. The highest BCUT2D eigenvalue weighted by molar-refractivity contribution is 8.14. The molecule has 0 amide bonds. The van der Waals surface area contributed by atoms with Gasteiger partial charge in [-0.3, -0.25) is 4.99 Å². The van der Waals surface area contributed by atoms with Crippen molar-refractivity contribution in [2.75, 3.05) is 12.3 Å². The van der Waals surface area contributed by atoms with E-state index < -0.39 is 0 Å². The van der Waals surface area contributed by atoms with Crippen LogP contribution in [0.1, 0.15) is 30.0 Å². The molecule has 0 saturated heterocycles. The molecule has 1 aliphatic heterocycles.